The molecule has 1 fully saturated rings. The van der Waals surface area contributed by atoms with E-state index in [2.05, 4.69) is 21.3 Å². The van der Waals surface area contributed by atoms with Gasteiger partial charge in [-0.05, 0) is 55.0 Å². The average Bonchev–Trinajstić information content (AvgIpc) is 3.67. The quantitative estimate of drug-likeness (QED) is 0.202. The van der Waals surface area contributed by atoms with Crippen molar-refractivity contribution in [3.63, 3.8) is 0 Å². The maximum absolute atomic E-state index is 13.7. The Hall–Kier alpha value is -5.42. The summed E-state index contributed by atoms with van der Waals surface area (Å²) in [4.78, 5) is 60.7. The zero-order valence-electron chi connectivity index (χ0n) is 24.8. The molecule has 0 saturated carbocycles. The lowest BCUT2D eigenvalue weighted by atomic mass is 9.95. The number of benzene rings is 2. The fraction of sp³-hybridized carbons (Fsp3) is 0.324. The Morgan fingerprint density at radius 1 is 1.02 bits per heavy atom. The summed E-state index contributed by atoms with van der Waals surface area (Å²) in [6.07, 6.45) is 2.40. The number of allylic oxidation sites excluding steroid dienone is 1. The molecule has 3 aromatic rings. The van der Waals surface area contributed by atoms with Gasteiger partial charge in [0.2, 0.25) is 0 Å². The smallest absolute Gasteiger partial charge is 0.287 e. The molecule has 3 unspecified atom stereocenters. The minimum absolute atomic E-state index is 0.0128. The Balaban J connectivity index is 1.59. The second-order valence-electron chi connectivity index (χ2n) is 11.1. The second kappa shape index (κ2) is 15.3. The largest absolute Gasteiger partial charge is 0.451 e. The maximum atomic E-state index is 13.7. The molecule has 1 saturated heterocycles. The molecule has 0 radical (unpaired) electrons. The SMILES string of the molecule is CC(C)C(NC(=O)c1cc2cc(F)ccc2o1)C(=C=O)NC(Cc1ccccc1)C(=C=O)NC(C=C=O)C[C@@H]1CCNC1=C=O. The molecule has 0 spiro atoms. The highest BCUT2D eigenvalue weighted by molar-refractivity contribution is 5.96. The van der Waals surface area contributed by atoms with Gasteiger partial charge in [-0.25, -0.2) is 23.6 Å². The molecule has 0 bridgehead atoms. The van der Waals surface area contributed by atoms with Gasteiger partial charge >= 0.3 is 0 Å². The monoisotopic (exact) mass is 612 g/mol. The average molecular weight is 613 g/mol. The Kier molecular flexibility index (Phi) is 11.1. The fourth-order valence-corrected chi connectivity index (χ4v) is 5.34. The summed E-state index contributed by atoms with van der Waals surface area (Å²) in [5, 5.41) is 12.3. The molecule has 4 atom stereocenters. The molecule has 1 aliphatic heterocycles. The van der Waals surface area contributed by atoms with Crippen LogP contribution in [0.4, 0.5) is 4.39 Å². The molecule has 2 aromatic carbocycles. The lowest BCUT2D eigenvalue weighted by Crippen LogP contribution is -2.49. The van der Waals surface area contributed by atoms with Gasteiger partial charge in [0.15, 0.2) is 5.76 Å². The minimum Gasteiger partial charge on any atom is -0.451 e. The lowest BCUT2D eigenvalue weighted by Gasteiger charge is -2.29. The van der Waals surface area contributed by atoms with Crippen LogP contribution < -0.4 is 21.3 Å². The van der Waals surface area contributed by atoms with Crippen LogP contribution in [0.2, 0.25) is 0 Å². The number of furan rings is 1. The summed E-state index contributed by atoms with van der Waals surface area (Å²) >= 11 is 0. The van der Waals surface area contributed by atoms with Crippen molar-refractivity contribution < 1.29 is 32.8 Å². The third-order valence-corrected chi connectivity index (χ3v) is 7.62. The van der Waals surface area contributed by atoms with Crippen LogP contribution >= 0.6 is 0 Å². The van der Waals surface area contributed by atoms with Gasteiger partial charge < -0.3 is 25.7 Å². The molecule has 11 heteroatoms. The van der Waals surface area contributed by atoms with Crippen LogP contribution in [0, 0.1) is 17.7 Å². The first-order valence-corrected chi connectivity index (χ1v) is 14.5. The zero-order valence-corrected chi connectivity index (χ0v) is 24.8. The van der Waals surface area contributed by atoms with E-state index in [9.17, 15) is 28.4 Å². The van der Waals surface area contributed by atoms with E-state index in [0.717, 1.165) is 5.56 Å². The lowest BCUT2D eigenvalue weighted by molar-refractivity contribution is 0.0906. The van der Waals surface area contributed by atoms with Crippen molar-refractivity contribution in [2.24, 2.45) is 11.8 Å². The van der Waals surface area contributed by atoms with Gasteiger partial charge in [0.05, 0.1) is 23.8 Å². The number of hydrogen-bond acceptors (Lipinski definition) is 9. The Morgan fingerprint density at radius 3 is 2.44 bits per heavy atom. The van der Waals surface area contributed by atoms with Crippen molar-refractivity contribution in [1.29, 1.82) is 0 Å². The molecule has 45 heavy (non-hydrogen) atoms. The van der Waals surface area contributed by atoms with E-state index in [1.807, 2.05) is 48.2 Å². The maximum Gasteiger partial charge on any atom is 0.287 e. The van der Waals surface area contributed by atoms with Gasteiger partial charge in [0.1, 0.15) is 46.6 Å². The third-order valence-electron chi connectivity index (χ3n) is 7.62. The predicted molar refractivity (Wildman–Crippen MR) is 165 cm³/mol. The number of carbonyl (C=O) groups is 1. The van der Waals surface area contributed by atoms with E-state index in [1.165, 1.54) is 30.3 Å². The molecule has 4 N–H and O–H groups in total. The van der Waals surface area contributed by atoms with Crippen LogP contribution in [0.25, 0.3) is 11.0 Å². The highest BCUT2D eigenvalue weighted by Gasteiger charge is 2.30. The van der Waals surface area contributed by atoms with Crippen LogP contribution in [-0.4, -0.2) is 54.3 Å². The number of rotatable bonds is 14. The minimum atomic E-state index is -0.887. The van der Waals surface area contributed by atoms with E-state index in [4.69, 9.17) is 4.42 Å². The van der Waals surface area contributed by atoms with Crippen molar-refractivity contribution in [3.8, 4) is 0 Å². The van der Waals surface area contributed by atoms with Crippen LogP contribution in [0.3, 0.4) is 0 Å². The van der Waals surface area contributed by atoms with E-state index in [-0.39, 0.29) is 35.4 Å². The molecule has 1 amide bonds. The molecule has 10 nitrogen and oxygen atoms in total. The standard InChI is InChI=1S/C34H33FN4O6/c1-21(2)33(39-34(44)32-17-24-15-25(35)8-9-31(24)45-32)30(20-43)38-27(14-22-6-4-3-5-7-22)29(19-42)37-26(11-13-40)16-23-10-12-36-28(23)18-41/h3-9,11,15,17,21,23,26-27,33,36-38H,10,12,14,16H2,1-2H3,(H,39,44)/t23-,26?,27?,33?/m0/s1. The molecule has 232 valence electrons. The Morgan fingerprint density at radius 2 is 1.78 bits per heavy atom. The van der Waals surface area contributed by atoms with Crippen LogP contribution in [-0.2, 0) is 25.6 Å². The molecular weight excluding hydrogens is 579 g/mol. The summed E-state index contributed by atoms with van der Waals surface area (Å²) < 4.78 is 19.3. The van der Waals surface area contributed by atoms with Crippen LogP contribution in [0.1, 0.15) is 42.8 Å². The van der Waals surface area contributed by atoms with Crippen molar-refractivity contribution in [2.75, 3.05) is 6.54 Å². The Bertz CT molecular complexity index is 1730. The van der Waals surface area contributed by atoms with Crippen molar-refractivity contribution in [2.45, 2.75) is 51.2 Å². The van der Waals surface area contributed by atoms with Crippen molar-refractivity contribution in [1.82, 2.24) is 21.3 Å². The molecule has 1 aliphatic rings. The number of fused-ring (bicyclic) bond motifs is 1. The summed E-state index contributed by atoms with van der Waals surface area (Å²) in [5.41, 5.74) is 1.52. The van der Waals surface area contributed by atoms with Gasteiger partial charge in [-0.1, -0.05) is 44.2 Å². The number of nitrogens with one attached hydrogen (secondary N) is 4. The zero-order chi connectivity index (χ0) is 32.3. The number of halogens is 1. The molecule has 2 heterocycles. The predicted octanol–water partition coefficient (Wildman–Crippen LogP) is 3.02. The second-order valence-corrected chi connectivity index (χ2v) is 11.1. The van der Waals surface area contributed by atoms with E-state index in [0.29, 0.717) is 36.1 Å². The summed E-state index contributed by atoms with van der Waals surface area (Å²) in [5.74, 6) is 5.73. The van der Waals surface area contributed by atoms with E-state index >= 15 is 0 Å². The van der Waals surface area contributed by atoms with Gasteiger partial charge in [-0.15, -0.1) is 0 Å². The number of hydrogen-bond donors (Lipinski definition) is 4. The summed E-state index contributed by atoms with van der Waals surface area (Å²) in [6, 6.07) is 12.0. The fourth-order valence-electron chi connectivity index (χ4n) is 5.34. The first-order valence-electron chi connectivity index (χ1n) is 14.5. The highest BCUT2D eigenvalue weighted by atomic mass is 19.1. The van der Waals surface area contributed by atoms with Crippen molar-refractivity contribution in [3.05, 3.63) is 94.9 Å². The Labute approximate surface area is 259 Å². The summed E-state index contributed by atoms with van der Waals surface area (Å²) in [6.45, 7) is 4.16. The van der Waals surface area contributed by atoms with E-state index in [1.54, 1.807) is 19.8 Å². The normalized spacial score (nSPS) is 15.8. The molecular formula is C34H33FN4O6. The van der Waals surface area contributed by atoms with Crippen LogP contribution in [0.5, 0.6) is 0 Å². The van der Waals surface area contributed by atoms with Gasteiger partial charge in [-0.2, -0.15) is 0 Å². The topological polar surface area (TPSA) is 147 Å². The van der Waals surface area contributed by atoms with Crippen molar-refractivity contribution >= 4 is 40.6 Å². The third kappa shape index (κ3) is 8.36. The highest BCUT2D eigenvalue weighted by Crippen LogP contribution is 2.24. The first-order chi connectivity index (χ1) is 21.8. The molecule has 4 rings (SSSR count). The summed E-state index contributed by atoms with van der Waals surface area (Å²) in [7, 11) is 0. The first kappa shape index (κ1) is 32.5. The molecule has 1 aromatic heterocycles. The van der Waals surface area contributed by atoms with Crippen LogP contribution in [0.15, 0.2) is 82.2 Å². The number of amides is 1. The molecule has 0 aliphatic carbocycles. The van der Waals surface area contributed by atoms with Gasteiger partial charge in [0, 0.05) is 23.9 Å². The number of carbonyl (C=O) groups excluding carboxylic acids is 5. The van der Waals surface area contributed by atoms with Gasteiger partial charge in [-0.3, -0.25) is 4.79 Å². The van der Waals surface area contributed by atoms with Gasteiger partial charge in [0.25, 0.3) is 5.91 Å². The van der Waals surface area contributed by atoms with E-state index < -0.39 is 29.8 Å².